The van der Waals surface area contributed by atoms with Crippen LogP contribution in [0.2, 0.25) is 0 Å². The van der Waals surface area contributed by atoms with Crippen molar-refractivity contribution < 1.29 is 0 Å². The van der Waals surface area contributed by atoms with Crippen LogP contribution in [0.15, 0.2) is 52.7 Å². The van der Waals surface area contributed by atoms with E-state index in [1.54, 1.807) is 0 Å². The zero-order chi connectivity index (χ0) is 12.3. The molecule has 2 rings (SSSR count). The van der Waals surface area contributed by atoms with E-state index in [0.29, 0.717) is 0 Å². The molecule has 17 heavy (non-hydrogen) atoms. The molecule has 0 aromatic heterocycles. The van der Waals surface area contributed by atoms with Crippen LogP contribution in [0.5, 0.6) is 0 Å². The first-order valence-electron chi connectivity index (χ1n) is 5.71. The Labute approximate surface area is 102 Å². The Morgan fingerprint density at radius 3 is 2.24 bits per heavy atom. The highest BCUT2D eigenvalue weighted by molar-refractivity contribution is 5.47. The molecule has 0 atom stereocenters. The molecule has 0 spiro atoms. The summed E-state index contributed by atoms with van der Waals surface area (Å²) in [4.78, 5) is 0. The van der Waals surface area contributed by atoms with E-state index in [4.69, 9.17) is 0 Å². The molecule has 0 unspecified atom stereocenters. The summed E-state index contributed by atoms with van der Waals surface area (Å²) in [5.41, 5.74) is 5.42. The number of hydrogen-bond acceptors (Lipinski definition) is 2. The molecule has 2 nitrogen and oxygen atoms in total. The van der Waals surface area contributed by atoms with E-state index < -0.39 is 0 Å². The van der Waals surface area contributed by atoms with Gasteiger partial charge in [0.1, 0.15) is 0 Å². The number of rotatable bonds is 2. The fourth-order valence-electron chi connectivity index (χ4n) is 1.72. The van der Waals surface area contributed by atoms with Crippen LogP contribution in [0.1, 0.15) is 16.7 Å². The summed E-state index contributed by atoms with van der Waals surface area (Å²) in [6.07, 6.45) is 0. The van der Waals surface area contributed by atoms with Crippen LogP contribution in [-0.2, 0) is 0 Å². The van der Waals surface area contributed by atoms with Gasteiger partial charge in [-0.2, -0.15) is 10.2 Å². The van der Waals surface area contributed by atoms with E-state index in [2.05, 4.69) is 49.2 Å². The molecule has 0 radical (unpaired) electrons. The molecule has 0 fully saturated rings. The monoisotopic (exact) mass is 224 g/mol. The standard InChI is InChI=1S/C15H16N2/c1-11-5-4-6-14(10-11)16-17-15-8-7-12(2)9-13(15)3/h4-10H,1-3H3/b17-16+. The van der Waals surface area contributed by atoms with Gasteiger partial charge in [-0.15, -0.1) is 0 Å². The van der Waals surface area contributed by atoms with Crippen molar-refractivity contribution in [1.29, 1.82) is 0 Å². The predicted molar refractivity (Wildman–Crippen MR) is 71.3 cm³/mol. The maximum absolute atomic E-state index is 4.28. The second-order valence-corrected chi connectivity index (χ2v) is 4.33. The first-order valence-corrected chi connectivity index (χ1v) is 5.71. The van der Waals surface area contributed by atoms with Gasteiger partial charge in [0.2, 0.25) is 0 Å². The zero-order valence-corrected chi connectivity index (χ0v) is 10.4. The number of aryl methyl sites for hydroxylation is 3. The summed E-state index contributed by atoms with van der Waals surface area (Å²) in [6.45, 7) is 6.18. The van der Waals surface area contributed by atoms with E-state index >= 15 is 0 Å². The van der Waals surface area contributed by atoms with Crippen LogP contribution < -0.4 is 0 Å². The van der Waals surface area contributed by atoms with Gasteiger partial charge in [0.15, 0.2) is 0 Å². The van der Waals surface area contributed by atoms with Crippen LogP contribution in [0, 0.1) is 20.8 Å². The maximum Gasteiger partial charge on any atom is 0.0886 e. The van der Waals surface area contributed by atoms with Crippen LogP contribution in [0.3, 0.4) is 0 Å². The van der Waals surface area contributed by atoms with Gasteiger partial charge in [-0.25, -0.2) is 0 Å². The number of nitrogens with zero attached hydrogens (tertiary/aromatic N) is 2. The van der Waals surface area contributed by atoms with Gasteiger partial charge in [0.05, 0.1) is 11.4 Å². The first-order chi connectivity index (χ1) is 8.15. The summed E-state index contributed by atoms with van der Waals surface area (Å²) < 4.78 is 0. The zero-order valence-electron chi connectivity index (χ0n) is 10.4. The van der Waals surface area contributed by atoms with Crippen LogP contribution in [-0.4, -0.2) is 0 Å². The van der Waals surface area contributed by atoms with Gasteiger partial charge in [-0.1, -0.05) is 29.8 Å². The fourth-order valence-corrected chi connectivity index (χ4v) is 1.72. The number of benzene rings is 2. The topological polar surface area (TPSA) is 24.7 Å². The fraction of sp³-hybridized carbons (Fsp3) is 0.200. The van der Waals surface area contributed by atoms with E-state index in [1.165, 1.54) is 11.1 Å². The summed E-state index contributed by atoms with van der Waals surface area (Å²) in [5.74, 6) is 0. The Hall–Kier alpha value is -1.96. The molecule has 0 aliphatic heterocycles. The van der Waals surface area contributed by atoms with Crippen LogP contribution in [0.4, 0.5) is 11.4 Å². The van der Waals surface area contributed by atoms with E-state index in [0.717, 1.165) is 16.9 Å². The minimum absolute atomic E-state index is 0.893. The maximum atomic E-state index is 4.28. The van der Waals surface area contributed by atoms with Crippen molar-refractivity contribution in [3.8, 4) is 0 Å². The lowest BCUT2D eigenvalue weighted by molar-refractivity contribution is 1.20. The lowest BCUT2D eigenvalue weighted by atomic mass is 10.1. The van der Waals surface area contributed by atoms with Crippen molar-refractivity contribution in [3.63, 3.8) is 0 Å². The molecule has 86 valence electrons. The van der Waals surface area contributed by atoms with Crippen LogP contribution in [0.25, 0.3) is 0 Å². The van der Waals surface area contributed by atoms with Gasteiger partial charge in [-0.3, -0.25) is 0 Å². The molecular weight excluding hydrogens is 208 g/mol. The second kappa shape index (κ2) is 4.91. The van der Waals surface area contributed by atoms with E-state index in [-0.39, 0.29) is 0 Å². The molecule has 0 heterocycles. The van der Waals surface area contributed by atoms with Crippen molar-refractivity contribution >= 4 is 11.4 Å². The molecular formula is C15H16N2. The van der Waals surface area contributed by atoms with Gasteiger partial charge >= 0.3 is 0 Å². The van der Waals surface area contributed by atoms with E-state index in [9.17, 15) is 0 Å². The minimum atomic E-state index is 0.893. The normalized spacial score (nSPS) is 11.0. The molecule has 2 heteroatoms. The third-order valence-corrected chi connectivity index (χ3v) is 2.63. The van der Waals surface area contributed by atoms with Crippen molar-refractivity contribution in [1.82, 2.24) is 0 Å². The SMILES string of the molecule is Cc1cccc(/N=N/c2ccc(C)cc2C)c1. The molecule has 0 N–H and O–H groups in total. The predicted octanol–water partition coefficient (Wildman–Crippen LogP) is 5.03. The quantitative estimate of drug-likeness (QED) is 0.639. The van der Waals surface area contributed by atoms with Crippen molar-refractivity contribution in [3.05, 3.63) is 59.2 Å². The third-order valence-electron chi connectivity index (χ3n) is 2.63. The molecule has 0 aliphatic carbocycles. The van der Waals surface area contributed by atoms with Crippen LogP contribution >= 0.6 is 0 Å². The Kier molecular flexibility index (Phi) is 3.33. The van der Waals surface area contributed by atoms with Crippen molar-refractivity contribution in [2.24, 2.45) is 10.2 Å². The molecule has 2 aromatic carbocycles. The largest absolute Gasteiger partial charge is 0.151 e. The van der Waals surface area contributed by atoms with Gasteiger partial charge < -0.3 is 0 Å². The Bertz CT molecular complexity index is 557. The lowest BCUT2D eigenvalue weighted by Gasteiger charge is -2.00. The lowest BCUT2D eigenvalue weighted by Crippen LogP contribution is -1.76. The second-order valence-electron chi connectivity index (χ2n) is 4.33. The third kappa shape index (κ3) is 3.00. The van der Waals surface area contributed by atoms with Gasteiger partial charge in [0.25, 0.3) is 0 Å². The number of hydrogen-bond donors (Lipinski definition) is 0. The average Bonchev–Trinajstić information content (AvgIpc) is 2.28. The Balaban J connectivity index is 2.26. The molecule has 0 amide bonds. The highest BCUT2D eigenvalue weighted by Gasteiger charge is 1.96. The molecule has 0 saturated carbocycles. The Morgan fingerprint density at radius 2 is 1.53 bits per heavy atom. The summed E-state index contributed by atoms with van der Waals surface area (Å²) in [6, 6.07) is 14.2. The number of azo groups is 1. The molecule has 0 bridgehead atoms. The molecule has 2 aromatic rings. The average molecular weight is 224 g/mol. The van der Waals surface area contributed by atoms with Gasteiger partial charge in [-0.05, 0) is 50.1 Å². The van der Waals surface area contributed by atoms with E-state index in [1.807, 2.05) is 24.3 Å². The summed E-state index contributed by atoms with van der Waals surface area (Å²) >= 11 is 0. The Morgan fingerprint density at radius 1 is 0.765 bits per heavy atom. The highest BCUT2D eigenvalue weighted by atomic mass is 15.1. The van der Waals surface area contributed by atoms with Gasteiger partial charge in [0, 0.05) is 0 Å². The summed E-state index contributed by atoms with van der Waals surface area (Å²) in [5, 5.41) is 8.54. The molecule has 0 saturated heterocycles. The van der Waals surface area contributed by atoms with Crippen molar-refractivity contribution in [2.45, 2.75) is 20.8 Å². The first kappa shape index (κ1) is 11.5. The minimum Gasteiger partial charge on any atom is -0.151 e. The smallest absolute Gasteiger partial charge is 0.0886 e. The highest BCUT2D eigenvalue weighted by Crippen LogP contribution is 2.23. The van der Waals surface area contributed by atoms with Crippen molar-refractivity contribution in [2.75, 3.05) is 0 Å². The summed E-state index contributed by atoms with van der Waals surface area (Å²) in [7, 11) is 0. The molecule has 0 aliphatic rings.